The van der Waals surface area contributed by atoms with Crippen LogP contribution in [0.2, 0.25) is 0 Å². The number of carboxylic acid groups (broad SMARTS) is 1. The molecule has 0 aliphatic heterocycles. The molecule has 0 bridgehead atoms. The molecule has 0 spiro atoms. The van der Waals surface area contributed by atoms with Gasteiger partial charge in [-0.1, -0.05) is 48.5 Å². The fourth-order valence-corrected chi connectivity index (χ4v) is 5.40. The molecule has 1 aliphatic carbocycles. The Hall–Kier alpha value is -4.68. The van der Waals surface area contributed by atoms with E-state index >= 15 is 0 Å². The van der Waals surface area contributed by atoms with Crippen molar-refractivity contribution in [1.82, 2.24) is 5.32 Å². The number of carbonyl (C=O) groups excluding carboxylic acids is 2. The summed E-state index contributed by atoms with van der Waals surface area (Å²) >= 11 is 3.38. The van der Waals surface area contributed by atoms with Crippen molar-refractivity contribution in [3.63, 3.8) is 0 Å². The molecule has 222 valence electrons. The van der Waals surface area contributed by atoms with Crippen LogP contribution in [-0.2, 0) is 30.4 Å². The zero-order valence-electron chi connectivity index (χ0n) is 22.8. The number of hydrogen-bond donors (Lipinski definition) is 2. The number of nitrogens with one attached hydrogen (secondary N) is 1. The van der Waals surface area contributed by atoms with Gasteiger partial charge in [0.25, 0.3) is 0 Å². The molecule has 1 aromatic heterocycles. The van der Waals surface area contributed by atoms with E-state index in [0.29, 0.717) is 21.2 Å². The van der Waals surface area contributed by atoms with E-state index in [1.807, 2.05) is 48.5 Å². The number of benzene rings is 3. The van der Waals surface area contributed by atoms with Gasteiger partial charge in [-0.3, -0.25) is 4.79 Å². The second-order valence-electron chi connectivity index (χ2n) is 9.65. The average molecular weight is 652 g/mol. The van der Waals surface area contributed by atoms with E-state index in [2.05, 4.69) is 21.2 Å². The van der Waals surface area contributed by atoms with Crippen LogP contribution in [0.5, 0.6) is 5.75 Å². The summed E-state index contributed by atoms with van der Waals surface area (Å²) < 4.78 is 26.8. The van der Waals surface area contributed by atoms with Crippen molar-refractivity contribution < 1.29 is 42.9 Å². The molecule has 4 aromatic rings. The van der Waals surface area contributed by atoms with E-state index in [1.54, 1.807) is 6.07 Å². The maximum atomic E-state index is 12.6. The number of aliphatic carboxylic acids is 1. The van der Waals surface area contributed by atoms with Gasteiger partial charge in [0.05, 0.1) is 10.9 Å². The second-order valence-corrected chi connectivity index (χ2v) is 10.5. The van der Waals surface area contributed by atoms with Crippen LogP contribution in [0.25, 0.3) is 22.1 Å². The monoisotopic (exact) mass is 651 g/mol. The zero-order chi connectivity index (χ0) is 30.5. The predicted octanol–water partition coefficient (Wildman–Crippen LogP) is 4.96. The number of rotatable bonds is 11. The maximum Gasteiger partial charge on any atom is 0.407 e. The Balaban J connectivity index is 1.20. The quantitative estimate of drug-likeness (QED) is 0.129. The lowest BCUT2D eigenvalue weighted by atomic mass is 9.98. The van der Waals surface area contributed by atoms with Crippen LogP contribution in [0.1, 0.15) is 29.0 Å². The molecule has 0 saturated carbocycles. The van der Waals surface area contributed by atoms with Crippen molar-refractivity contribution in [2.45, 2.75) is 25.0 Å². The molecule has 0 unspecified atom stereocenters. The normalized spacial score (nSPS) is 12.7. The van der Waals surface area contributed by atoms with Crippen molar-refractivity contribution in [1.29, 1.82) is 0 Å². The van der Waals surface area contributed by atoms with E-state index in [1.165, 1.54) is 19.2 Å². The van der Waals surface area contributed by atoms with E-state index < -0.39 is 36.1 Å². The first-order chi connectivity index (χ1) is 20.7. The molecule has 1 atom stereocenters. The van der Waals surface area contributed by atoms with E-state index in [-0.39, 0.29) is 31.5 Å². The highest BCUT2D eigenvalue weighted by molar-refractivity contribution is 9.10. The van der Waals surface area contributed by atoms with Gasteiger partial charge >= 0.3 is 23.7 Å². The van der Waals surface area contributed by atoms with Crippen LogP contribution >= 0.6 is 15.9 Å². The zero-order valence-corrected chi connectivity index (χ0v) is 24.4. The summed E-state index contributed by atoms with van der Waals surface area (Å²) in [5, 5.41) is 12.3. The standard InChI is InChI=1S/C31H26BrNO10/c1-39-16-42-27-13-26-22(11-24(27)32)17(10-29(35)43-26)14-40-28(34)12-25(30(36)37)33-31(38)41-15-23-20-8-4-2-6-18(20)19-7-3-5-9-21(19)23/h2-11,13,23,25H,12,14-16H2,1H3,(H,33,38)(H,36,37)/t25-/m0/s1. The smallest absolute Gasteiger partial charge is 0.407 e. The molecule has 3 aromatic carbocycles. The summed E-state index contributed by atoms with van der Waals surface area (Å²) in [5.41, 5.74) is 3.94. The minimum atomic E-state index is -1.60. The van der Waals surface area contributed by atoms with Crippen molar-refractivity contribution in [3.05, 3.63) is 98.3 Å². The molecule has 0 radical (unpaired) electrons. The summed E-state index contributed by atoms with van der Waals surface area (Å²) in [6, 6.07) is 18.3. The average Bonchev–Trinajstić information content (AvgIpc) is 3.31. The Kier molecular flexibility index (Phi) is 9.07. The molecule has 0 saturated heterocycles. The largest absolute Gasteiger partial charge is 0.480 e. The first-order valence-electron chi connectivity index (χ1n) is 13.1. The van der Waals surface area contributed by atoms with Crippen molar-refractivity contribution in [2.24, 2.45) is 0 Å². The van der Waals surface area contributed by atoms with Crippen LogP contribution in [0, 0.1) is 0 Å². The number of esters is 1. The lowest BCUT2D eigenvalue weighted by Crippen LogP contribution is -2.43. The molecule has 1 aliphatic rings. The summed E-state index contributed by atoms with van der Waals surface area (Å²) in [5.74, 6) is -2.20. The van der Waals surface area contributed by atoms with Gasteiger partial charge in [-0.05, 0) is 44.3 Å². The lowest BCUT2D eigenvalue weighted by Gasteiger charge is -2.17. The molecule has 12 heteroatoms. The summed E-state index contributed by atoms with van der Waals surface area (Å²) in [6.07, 6.45) is -1.65. The minimum Gasteiger partial charge on any atom is -0.480 e. The summed E-state index contributed by atoms with van der Waals surface area (Å²) in [4.78, 5) is 49.1. The molecule has 5 rings (SSSR count). The van der Waals surface area contributed by atoms with Crippen LogP contribution in [0.4, 0.5) is 4.79 Å². The second kappa shape index (κ2) is 13.1. The van der Waals surface area contributed by atoms with Crippen LogP contribution in [-0.4, -0.2) is 49.7 Å². The summed E-state index contributed by atoms with van der Waals surface area (Å²) in [6.45, 7) is -0.391. The topological polar surface area (TPSA) is 151 Å². The first kappa shape index (κ1) is 29.8. The molecule has 11 nitrogen and oxygen atoms in total. The summed E-state index contributed by atoms with van der Waals surface area (Å²) in [7, 11) is 1.46. The third-order valence-corrected chi connectivity index (χ3v) is 7.53. The van der Waals surface area contributed by atoms with Crippen molar-refractivity contribution in [3.8, 4) is 16.9 Å². The van der Waals surface area contributed by atoms with Crippen molar-refractivity contribution >= 4 is 44.9 Å². The van der Waals surface area contributed by atoms with Gasteiger partial charge < -0.3 is 33.8 Å². The van der Waals surface area contributed by atoms with Gasteiger partial charge in [0.1, 0.15) is 30.6 Å². The highest BCUT2D eigenvalue weighted by Gasteiger charge is 2.30. The van der Waals surface area contributed by atoms with Gasteiger partial charge in [0, 0.05) is 36.1 Å². The van der Waals surface area contributed by atoms with E-state index in [0.717, 1.165) is 22.3 Å². The number of amides is 1. The first-order valence-corrected chi connectivity index (χ1v) is 13.9. The third-order valence-electron chi connectivity index (χ3n) is 6.91. The molecule has 1 amide bonds. The Morgan fingerprint density at radius 3 is 2.33 bits per heavy atom. The SMILES string of the molecule is COCOc1cc2oc(=O)cc(COC(=O)C[C@H](NC(=O)OCC3c4ccccc4-c4ccccc43)C(=O)O)c2cc1Br. The Morgan fingerprint density at radius 2 is 1.67 bits per heavy atom. The minimum absolute atomic E-state index is 0.0198. The molecule has 43 heavy (non-hydrogen) atoms. The molecule has 2 N–H and O–H groups in total. The number of carbonyl (C=O) groups is 3. The van der Waals surface area contributed by atoms with Crippen LogP contribution in [0.15, 0.2) is 80.4 Å². The van der Waals surface area contributed by atoms with Crippen LogP contribution < -0.4 is 15.7 Å². The molecule has 1 heterocycles. The van der Waals surface area contributed by atoms with Gasteiger partial charge in [0.2, 0.25) is 0 Å². The van der Waals surface area contributed by atoms with Gasteiger partial charge in [-0.2, -0.15) is 0 Å². The number of carboxylic acids is 1. The number of methoxy groups -OCH3 is 1. The molecular weight excluding hydrogens is 626 g/mol. The van der Waals surface area contributed by atoms with Gasteiger partial charge in [0.15, 0.2) is 6.79 Å². The Morgan fingerprint density at radius 1 is 1.00 bits per heavy atom. The molecular formula is C31H26BrNO10. The van der Waals surface area contributed by atoms with Gasteiger partial charge in [-0.15, -0.1) is 0 Å². The Labute approximate surface area is 253 Å². The predicted molar refractivity (Wildman–Crippen MR) is 157 cm³/mol. The lowest BCUT2D eigenvalue weighted by molar-refractivity contribution is -0.150. The van der Waals surface area contributed by atoms with Gasteiger partial charge in [-0.25, -0.2) is 14.4 Å². The highest BCUT2D eigenvalue weighted by Crippen LogP contribution is 2.44. The van der Waals surface area contributed by atoms with E-state index in [4.69, 9.17) is 23.4 Å². The maximum absolute atomic E-state index is 12.6. The number of ether oxygens (including phenoxy) is 4. The fraction of sp³-hybridized carbons (Fsp3) is 0.226. The van der Waals surface area contributed by atoms with Crippen LogP contribution in [0.3, 0.4) is 0 Å². The fourth-order valence-electron chi connectivity index (χ4n) is 4.95. The number of hydrogen-bond acceptors (Lipinski definition) is 9. The molecule has 0 fully saturated rings. The third kappa shape index (κ3) is 6.71. The number of alkyl carbamates (subject to hydrolysis) is 1. The highest BCUT2D eigenvalue weighted by atomic mass is 79.9. The van der Waals surface area contributed by atoms with E-state index in [9.17, 15) is 24.3 Å². The number of halogens is 1. The Bertz CT molecular complexity index is 1710. The number of fused-ring (bicyclic) bond motifs is 4. The van der Waals surface area contributed by atoms with Crippen molar-refractivity contribution in [2.75, 3.05) is 20.5 Å².